The average Bonchev–Trinajstić information content (AvgIpc) is 1.51. The molecule has 4 saturated heterocycles. The zero-order valence-corrected chi connectivity index (χ0v) is 56.0. The maximum atomic E-state index is 12.7. The first-order valence-corrected chi connectivity index (χ1v) is 35.9. The molecule has 16 aliphatic carbocycles. The molecule has 98 heavy (non-hydrogen) atoms. The van der Waals surface area contributed by atoms with Crippen molar-refractivity contribution >= 4 is 47.8 Å². The average molecular weight is 1360 g/mol. The number of hydrogen-bond acceptors (Lipinski definition) is 18. The van der Waals surface area contributed by atoms with Crippen LogP contribution in [0.2, 0.25) is 0 Å². The van der Waals surface area contributed by atoms with Crippen LogP contribution in [0.1, 0.15) is 156 Å². The van der Waals surface area contributed by atoms with E-state index in [1.165, 1.54) is 5.57 Å². The predicted molar refractivity (Wildman–Crippen MR) is 338 cm³/mol. The molecule has 4 spiro atoms. The van der Waals surface area contributed by atoms with Gasteiger partial charge in [-0.2, -0.15) is 0 Å². The van der Waals surface area contributed by atoms with Crippen molar-refractivity contribution in [2.24, 2.45) is 126 Å². The van der Waals surface area contributed by atoms with Gasteiger partial charge in [0.15, 0.2) is 0 Å². The smallest absolute Gasteiger partial charge is 0.316 e. The minimum absolute atomic E-state index is 0.00104. The van der Waals surface area contributed by atoms with Crippen LogP contribution in [0.15, 0.2) is 72.9 Å². The van der Waals surface area contributed by atoms with E-state index in [0.717, 1.165) is 50.5 Å². The van der Waals surface area contributed by atoms with Gasteiger partial charge in [0.25, 0.3) is 0 Å². The van der Waals surface area contributed by atoms with E-state index in [0.29, 0.717) is 106 Å². The lowest BCUT2D eigenvalue weighted by molar-refractivity contribution is -0.166. The Morgan fingerprint density at radius 3 is 1.18 bits per heavy atom. The van der Waals surface area contributed by atoms with Crippen LogP contribution in [0, 0.1) is 126 Å². The molecule has 0 aromatic rings. The normalized spacial score (nSPS) is 57.8. The number of allylic oxidation sites excluding steroid dienone is 2. The van der Waals surface area contributed by atoms with E-state index in [1.54, 1.807) is 45.9 Å². The molecule has 4 aliphatic heterocycles. The van der Waals surface area contributed by atoms with Crippen LogP contribution in [0.25, 0.3) is 0 Å². The predicted octanol–water partition coefficient (Wildman–Crippen LogP) is 6.33. The van der Waals surface area contributed by atoms with Crippen molar-refractivity contribution in [2.75, 3.05) is 0 Å². The molecule has 0 radical (unpaired) electrons. The van der Waals surface area contributed by atoms with Gasteiger partial charge in [0.1, 0.15) is 33.2 Å². The third kappa shape index (κ3) is 6.87. The molecule has 528 valence electrons. The second-order valence-electron chi connectivity index (χ2n) is 36.0. The summed E-state index contributed by atoms with van der Waals surface area (Å²) in [6.45, 7) is 23.2. The van der Waals surface area contributed by atoms with E-state index in [1.807, 2.05) is 6.08 Å². The molecular formula is C76H92O22. The van der Waals surface area contributed by atoms with Crippen LogP contribution in [0.4, 0.5) is 0 Å². The lowest BCUT2D eigenvalue weighted by Gasteiger charge is -2.45. The molecule has 22 heteroatoms. The fourth-order valence-electron chi connectivity index (χ4n) is 29.6. The highest BCUT2D eigenvalue weighted by Gasteiger charge is 2.88. The van der Waals surface area contributed by atoms with Crippen LogP contribution in [-0.4, -0.2) is 157 Å². The number of aliphatic hydroxyl groups is 6. The van der Waals surface area contributed by atoms with Gasteiger partial charge in [0.05, 0.1) is 70.1 Å². The number of ether oxygens (including phenoxy) is 4. The van der Waals surface area contributed by atoms with E-state index >= 15 is 0 Å². The number of aliphatic hydroxyl groups excluding tert-OH is 4. The van der Waals surface area contributed by atoms with Gasteiger partial charge >= 0.3 is 47.8 Å². The van der Waals surface area contributed by atoms with Crippen molar-refractivity contribution in [1.29, 1.82) is 0 Å². The summed E-state index contributed by atoms with van der Waals surface area (Å²) >= 11 is 0. The summed E-state index contributed by atoms with van der Waals surface area (Å²) in [6, 6.07) is 0. The summed E-state index contributed by atoms with van der Waals surface area (Å²) in [5, 5.41) is 105. The van der Waals surface area contributed by atoms with E-state index in [9.17, 15) is 89.4 Å². The molecule has 16 bridgehead atoms. The maximum absolute atomic E-state index is 12.7. The van der Waals surface area contributed by atoms with Crippen LogP contribution in [0.3, 0.4) is 0 Å². The summed E-state index contributed by atoms with van der Waals surface area (Å²) in [7, 11) is 0. The first kappa shape index (κ1) is 65.3. The molecular weight excluding hydrogens is 1260 g/mol. The quantitative estimate of drug-likeness (QED) is 0.0835. The summed E-state index contributed by atoms with van der Waals surface area (Å²) in [5.74, 6) is -9.94. The van der Waals surface area contributed by atoms with Gasteiger partial charge in [0.2, 0.25) is 0 Å². The van der Waals surface area contributed by atoms with Gasteiger partial charge in [-0.25, -0.2) is 0 Å². The lowest BCUT2D eigenvalue weighted by atomic mass is 9.59. The van der Waals surface area contributed by atoms with E-state index in [2.05, 4.69) is 26.3 Å². The molecule has 0 aromatic carbocycles. The van der Waals surface area contributed by atoms with Crippen molar-refractivity contribution in [3.63, 3.8) is 0 Å². The number of esters is 4. The summed E-state index contributed by atoms with van der Waals surface area (Å²) in [6.07, 6.45) is 15.8. The Morgan fingerprint density at radius 1 is 0.418 bits per heavy atom. The van der Waals surface area contributed by atoms with Crippen LogP contribution >= 0.6 is 0 Å². The Labute approximate surface area is 567 Å². The Hall–Kier alpha value is -6.04. The molecule has 0 aromatic heterocycles. The standard InChI is InChI=1S/C19H24O6.C19H22O6.C19H24O5.C19H22O5/c2*1-9-7-17-8-18(9,24)5-3-10(17)19-6-4-11(20)16(2,15(23)25-19)13(19)12(17)14(21)22;2*1-9-7-18-8-10(9)3-4-11(18)19-6-5-12(20)17(2,16(23)24-19)14(19)13(18)15(21)22/h10-13,20,24H,1,3-8H2,2H3,(H,21,22);4,6,10-13,20,24H,1,3,5,7-8H2,2H3,(H,21,22);10-14,20H,1,3-8H2,2H3,(H,21,22);5-6,10-14,20H,1,3-4,7-8H2,2H3,(H,21,22). The third-order valence-electron chi connectivity index (χ3n) is 33.2. The number of hydrogen-bond donors (Lipinski definition) is 10. The number of carbonyl (C=O) groups is 8. The number of carbonyl (C=O) groups excluding carboxylic acids is 4. The van der Waals surface area contributed by atoms with Crippen molar-refractivity contribution in [1.82, 2.24) is 0 Å². The highest BCUT2D eigenvalue weighted by atomic mass is 16.6. The Morgan fingerprint density at radius 2 is 0.755 bits per heavy atom. The topological polar surface area (TPSA) is 376 Å². The van der Waals surface area contributed by atoms with E-state index in [-0.39, 0.29) is 29.1 Å². The van der Waals surface area contributed by atoms with Gasteiger partial charge in [-0.15, -0.1) is 0 Å². The first-order chi connectivity index (χ1) is 45.8. The fraction of sp³-hybridized carbons (Fsp3) is 0.737. The molecule has 10 N–H and O–H groups in total. The summed E-state index contributed by atoms with van der Waals surface area (Å²) in [4.78, 5) is 100. The summed E-state index contributed by atoms with van der Waals surface area (Å²) in [5.41, 5.74) is -8.47. The molecule has 32 unspecified atom stereocenters. The number of carboxylic acids is 4. The number of rotatable bonds is 4. The molecule has 20 aliphatic rings. The zero-order chi connectivity index (χ0) is 70.1. The largest absolute Gasteiger partial charge is 0.481 e. The van der Waals surface area contributed by atoms with Crippen molar-refractivity contribution in [2.45, 2.75) is 214 Å². The number of aliphatic carboxylic acids is 4. The molecule has 18 fully saturated rings. The van der Waals surface area contributed by atoms with Gasteiger partial charge in [-0.3, -0.25) is 38.4 Å². The van der Waals surface area contributed by atoms with Gasteiger partial charge < -0.3 is 70.0 Å². The highest BCUT2D eigenvalue weighted by molar-refractivity contribution is 5.89. The minimum Gasteiger partial charge on any atom is -0.481 e. The monoisotopic (exact) mass is 1360 g/mol. The second-order valence-corrected chi connectivity index (χ2v) is 36.0. The number of carboxylic acid groups (broad SMARTS) is 4. The third-order valence-corrected chi connectivity index (χ3v) is 33.2. The van der Waals surface area contributed by atoms with Crippen molar-refractivity contribution in [3.8, 4) is 0 Å². The molecule has 22 nitrogen and oxygen atoms in total. The molecule has 0 amide bonds. The Balaban J connectivity index is 0.0000000982. The molecule has 4 heterocycles. The SMILES string of the molecule is C=C1CC23CC1(O)CCC2C12C=CC(O)C(C)(C(=O)O1)C2C3C(=O)O.C=C1CC23CC1(O)CCC2C12CCC(O)C(C)(C(=O)O1)C2C3C(=O)O.C=C1CC23CC1CCC2C12C=CC(O)C(C)(C(=O)O1)C2C3C(=O)O.C=C1CC23CC1CCC2C12CCC(O)C(C)(C(=O)O1)C2C3C(=O)O. The lowest BCUT2D eigenvalue weighted by Crippen LogP contribution is -2.53. The Kier molecular flexibility index (Phi) is 12.8. The van der Waals surface area contributed by atoms with Crippen LogP contribution in [-0.2, 0) is 57.3 Å². The fourth-order valence-corrected chi connectivity index (χ4v) is 29.6. The van der Waals surface area contributed by atoms with E-state index in [4.69, 9.17) is 18.9 Å². The first-order valence-electron chi connectivity index (χ1n) is 35.9. The second kappa shape index (κ2) is 19.2. The van der Waals surface area contributed by atoms with Gasteiger partial charge in [-0.1, -0.05) is 49.6 Å². The zero-order valence-electron chi connectivity index (χ0n) is 56.0. The van der Waals surface area contributed by atoms with Crippen LogP contribution in [0.5, 0.6) is 0 Å². The van der Waals surface area contributed by atoms with Crippen LogP contribution < -0.4 is 0 Å². The summed E-state index contributed by atoms with van der Waals surface area (Å²) < 4.78 is 23.8. The van der Waals surface area contributed by atoms with Gasteiger partial charge in [-0.05, 0) is 213 Å². The molecule has 20 rings (SSSR count). The minimum atomic E-state index is -1.27. The highest BCUT2D eigenvalue weighted by Crippen LogP contribution is 2.83. The molecule has 14 saturated carbocycles. The number of fused-ring (bicyclic) bond motifs is 4. The van der Waals surface area contributed by atoms with Crippen molar-refractivity contribution in [3.05, 3.63) is 72.9 Å². The molecule has 32 atom stereocenters. The maximum Gasteiger partial charge on any atom is 0.316 e. The van der Waals surface area contributed by atoms with Crippen molar-refractivity contribution < 1.29 is 108 Å². The Bertz CT molecular complexity index is 3890. The van der Waals surface area contributed by atoms with E-state index < -0.39 is 191 Å². The van der Waals surface area contributed by atoms with Gasteiger partial charge in [0, 0.05) is 47.3 Å².